The van der Waals surface area contributed by atoms with E-state index in [0.717, 1.165) is 30.0 Å². The molecule has 0 amide bonds. The Hall–Kier alpha value is -1.38. The van der Waals surface area contributed by atoms with Gasteiger partial charge in [-0.1, -0.05) is 6.92 Å². The highest BCUT2D eigenvalue weighted by molar-refractivity contribution is 14.0. The molecule has 1 rings (SSSR count). The van der Waals surface area contributed by atoms with Crippen molar-refractivity contribution in [1.29, 1.82) is 0 Å². The van der Waals surface area contributed by atoms with Crippen molar-refractivity contribution in [3.63, 3.8) is 0 Å². The average molecular weight is 423 g/mol. The Morgan fingerprint density at radius 2 is 1.73 bits per heavy atom. The van der Waals surface area contributed by atoms with Crippen LogP contribution in [0.3, 0.4) is 0 Å². The van der Waals surface area contributed by atoms with Gasteiger partial charge in [0, 0.05) is 30.8 Å². The lowest BCUT2D eigenvalue weighted by atomic mass is 10.1. The first-order valence-corrected chi connectivity index (χ1v) is 6.98. The molecule has 0 heterocycles. The Kier molecular flexibility index (Phi) is 10.5. The Morgan fingerprint density at radius 3 is 2.18 bits per heavy atom. The monoisotopic (exact) mass is 423 g/mol. The normalized spacial score (nSPS) is 10.6. The molecule has 0 fully saturated rings. The summed E-state index contributed by atoms with van der Waals surface area (Å²) in [5.74, 6) is 2.63. The van der Waals surface area contributed by atoms with Gasteiger partial charge in [-0.25, -0.2) is 0 Å². The first-order valence-electron chi connectivity index (χ1n) is 6.98. The van der Waals surface area contributed by atoms with Crippen molar-refractivity contribution in [3.8, 4) is 17.2 Å². The van der Waals surface area contributed by atoms with Gasteiger partial charge in [0.25, 0.3) is 0 Å². The van der Waals surface area contributed by atoms with E-state index in [1.165, 1.54) is 0 Å². The third-order valence-electron chi connectivity index (χ3n) is 3.00. The van der Waals surface area contributed by atoms with Crippen LogP contribution < -0.4 is 25.3 Å². The molecule has 126 valence electrons. The van der Waals surface area contributed by atoms with Gasteiger partial charge >= 0.3 is 0 Å². The van der Waals surface area contributed by atoms with Crippen molar-refractivity contribution in [3.05, 3.63) is 17.7 Å². The zero-order valence-corrected chi connectivity index (χ0v) is 16.0. The summed E-state index contributed by atoms with van der Waals surface area (Å²) in [5, 5.41) is 3.08. The summed E-state index contributed by atoms with van der Waals surface area (Å²) in [6, 6.07) is 3.68. The van der Waals surface area contributed by atoms with E-state index in [-0.39, 0.29) is 24.0 Å². The lowest BCUT2D eigenvalue weighted by Crippen LogP contribution is -2.33. The van der Waals surface area contributed by atoms with Crippen molar-refractivity contribution >= 4 is 29.9 Å². The molecule has 0 aromatic heterocycles. The molecule has 0 bridgehead atoms. The van der Waals surface area contributed by atoms with E-state index in [9.17, 15) is 0 Å². The largest absolute Gasteiger partial charge is 0.496 e. The van der Waals surface area contributed by atoms with Crippen LogP contribution in [0.15, 0.2) is 17.1 Å². The minimum Gasteiger partial charge on any atom is -0.496 e. The number of nitrogens with zero attached hydrogens (tertiary/aromatic N) is 1. The summed E-state index contributed by atoms with van der Waals surface area (Å²) in [6.45, 7) is 3.44. The maximum Gasteiger partial charge on any atom is 0.188 e. The van der Waals surface area contributed by atoms with Gasteiger partial charge < -0.3 is 25.3 Å². The Balaban J connectivity index is 0.00000441. The van der Waals surface area contributed by atoms with E-state index < -0.39 is 0 Å². The molecule has 22 heavy (non-hydrogen) atoms. The van der Waals surface area contributed by atoms with E-state index >= 15 is 0 Å². The Labute approximate surface area is 149 Å². The summed E-state index contributed by atoms with van der Waals surface area (Å²) < 4.78 is 16.0. The van der Waals surface area contributed by atoms with Crippen LogP contribution in [0.2, 0.25) is 0 Å². The number of hydrogen-bond donors (Lipinski definition) is 2. The molecular formula is C15H26IN3O3. The second kappa shape index (κ2) is 11.2. The topological polar surface area (TPSA) is 78.1 Å². The molecule has 0 spiro atoms. The van der Waals surface area contributed by atoms with E-state index in [2.05, 4.69) is 17.2 Å². The fourth-order valence-corrected chi connectivity index (χ4v) is 1.93. The van der Waals surface area contributed by atoms with Crippen LogP contribution >= 0.6 is 24.0 Å². The predicted molar refractivity (Wildman–Crippen MR) is 100 cm³/mol. The standard InChI is InChI=1S/C15H25N3O3.HI/c1-5-7-17-15(16)18-8-6-12-13(20-3)9-11(19-2)10-14(12)21-4;/h9-10H,5-8H2,1-4H3,(H3,16,17,18);1H. The molecule has 6 nitrogen and oxygen atoms in total. The molecule has 0 saturated heterocycles. The fourth-order valence-electron chi connectivity index (χ4n) is 1.93. The summed E-state index contributed by atoms with van der Waals surface area (Å²) >= 11 is 0. The summed E-state index contributed by atoms with van der Waals surface area (Å²) in [5.41, 5.74) is 6.74. The maximum atomic E-state index is 5.77. The van der Waals surface area contributed by atoms with Gasteiger partial charge in [0.2, 0.25) is 0 Å². The van der Waals surface area contributed by atoms with Gasteiger partial charge in [0.15, 0.2) is 5.96 Å². The minimum atomic E-state index is 0. The number of benzene rings is 1. The van der Waals surface area contributed by atoms with Gasteiger partial charge in [-0.2, -0.15) is 0 Å². The quantitative estimate of drug-likeness (QED) is 0.381. The molecule has 0 aliphatic carbocycles. The number of nitrogens with one attached hydrogen (secondary N) is 1. The summed E-state index contributed by atoms with van der Waals surface area (Å²) in [7, 11) is 4.87. The second-order valence-corrected chi connectivity index (χ2v) is 4.45. The van der Waals surface area contributed by atoms with Crippen LogP contribution in [0, 0.1) is 0 Å². The molecule has 0 radical (unpaired) electrons. The summed E-state index contributed by atoms with van der Waals surface area (Å²) in [6.07, 6.45) is 1.68. The van der Waals surface area contributed by atoms with Crippen molar-refractivity contribution in [1.82, 2.24) is 5.32 Å². The second-order valence-electron chi connectivity index (χ2n) is 4.45. The van der Waals surface area contributed by atoms with Crippen molar-refractivity contribution in [2.24, 2.45) is 10.7 Å². The lowest BCUT2D eigenvalue weighted by Gasteiger charge is -2.15. The highest BCUT2D eigenvalue weighted by Gasteiger charge is 2.12. The average Bonchev–Trinajstić information content (AvgIpc) is 2.52. The third-order valence-corrected chi connectivity index (χ3v) is 3.00. The molecule has 1 aromatic rings. The van der Waals surface area contributed by atoms with Crippen LogP contribution in [0.1, 0.15) is 18.9 Å². The number of aliphatic imine (C=N–C) groups is 1. The zero-order valence-electron chi connectivity index (χ0n) is 13.6. The van der Waals surface area contributed by atoms with E-state index in [0.29, 0.717) is 24.7 Å². The van der Waals surface area contributed by atoms with Gasteiger partial charge in [-0.05, 0) is 12.8 Å². The van der Waals surface area contributed by atoms with E-state index in [1.807, 2.05) is 12.1 Å². The molecule has 3 N–H and O–H groups in total. The third kappa shape index (κ3) is 6.17. The summed E-state index contributed by atoms with van der Waals surface area (Å²) in [4.78, 5) is 4.19. The first-order chi connectivity index (χ1) is 10.2. The number of nitrogens with two attached hydrogens (primary N) is 1. The van der Waals surface area contributed by atoms with Crippen LogP contribution in [-0.2, 0) is 6.42 Å². The van der Waals surface area contributed by atoms with Gasteiger partial charge in [0.1, 0.15) is 17.2 Å². The predicted octanol–water partition coefficient (Wildman–Crippen LogP) is 2.19. The maximum absolute atomic E-state index is 5.77. The smallest absolute Gasteiger partial charge is 0.188 e. The zero-order chi connectivity index (χ0) is 15.7. The van der Waals surface area contributed by atoms with Crippen molar-refractivity contribution in [2.45, 2.75) is 19.8 Å². The Bertz CT molecular complexity index is 456. The number of methoxy groups -OCH3 is 3. The molecular weight excluding hydrogens is 397 g/mol. The van der Waals surface area contributed by atoms with Gasteiger partial charge in [0.05, 0.1) is 21.3 Å². The highest BCUT2D eigenvalue weighted by Crippen LogP contribution is 2.34. The van der Waals surface area contributed by atoms with E-state index in [4.69, 9.17) is 19.9 Å². The lowest BCUT2D eigenvalue weighted by molar-refractivity contribution is 0.368. The number of halogens is 1. The van der Waals surface area contributed by atoms with Gasteiger partial charge in [-0.15, -0.1) is 24.0 Å². The van der Waals surface area contributed by atoms with Crippen molar-refractivity contribution < 1.29 is 14.2 Å². The van der Waals surface area contributed by atoms with Crippen LogP contribution in [0.25, 0.3) is 0 Å². The molecule has 7 heteroatoms. The SMILES string of the molecule is CCCN=C(N)NCCc1c(OC)cc(OC)cc1OC.I. The highest BCUT2D eigenvalue weighted by atomic mass is 127. The van der Waals surface area contributed by atoms with Crippen molar-refractivity contribution in [2.75, 3.05) is 34.4 Å². The molecule has 0 saturated carbocycles. The molecule has 0 aliphatic rings. The minimum absolute atomic E-state index is 0. The number of ether oxygens (including phenoxy) is 3. The molecule has 0 unspecified atom stereocenters. The van der Waals surface area contributed by atoms with Crippen LogP contribution in [0.4, 0.5) is 0 Å². The molecule has 0 atom stereocenters. The van der Waals surface area contributed by atoms with E-state index in [1.54, 1.807) is 21.3 Å². The molecule has 0 aliphatic heterocycles. The number of rotatable bonds is 8. The van der Waals surface area contributed by atoms with Crippen LogP contribution in [0.5, 0.6) is 17.2 Å². The number of guanidine groups is 1. The molecule has 1 aromatic carbocycles. The number of hydrogen-bond acceptors (Lipinski definition) is 4. The first kappa shape index (κ1) is 20.6. The van der Waals surface area contributed by atoms with Gasteiger partial charge in [-0.3, -0.25) is 4.99 Å². The van der Waals surface area contributed by atoms with Crippen LogP contribution in [-0.4, -0.2) is 40.4 Å². The Morgan fingerprint density at radius 1 is 1.14 bits per heavy atom. The fraction of sp³-hybridized carbons (Fsp3) is 0.533.